The number of benzene rings is 1. The van der Waals surface area contributed by atoms with Gasteiger partial charge in [0.05, 0.1) is 18.2 Å². The lowest BCUT2D eigenvalue weighted by atomic mass is 9.93. The van der Waals surface area contributed by atoms with Crippen LogP contribution in [0.15, 0.2) is 28.9 Å². The summed E-state index contributed by atoms with van der Waals surface area (Å²) in [5.41, 5.74) is 1.73. The number of methoxy groups -OCH3 is 1. The van der Waals surface area contributed by atoms with E-state index in [1.165, 1.54) is 26.4 Å². The van der Waals surface area contributed by atoms with Crippen molar-refractivity contribution in [1.82, 2.24) is 4.57 Å². The van der Waals surface area contributed by atoms with Gasteiger partial charge < -0.3 is 9.30 Å². The van der Waals surface area contributed by atoms with Gasteiger partial charge in [0.15, 0.2) is 0 Å². The number of nitrogens with zero attached hydrogens (tertiary/aromatic N) is 1. The van der Waals surface area contributed by atoms with Gasteiger partial charge in [-0.1, -0.05) is 15.9 Å². The number of carbonyl (C=O) groups excluding carboxylic acids is 1. The molecule has 18 heavy (non-hydrogen) atoms. The molecule has 0 atom stereocenters. The lowest BCUT2D eigenvalue weighted by Gasteiger charge is -2.28. The van der Waals surface area contributed by atoms with Crippen LogP contribution >= 0.6 is 15.9 Å². The molecule has 3 nitrogen and oxygen atoms in total. The monoisotopic (exact) mass is 307 g/mol. The lowest BCUT2D eigenvalue weighted by Crippen LogP contribution is -2.15. The summed E-state index contributed by atoms with van der Waals surface area (Å²) < 4.78 is 8.03. The predicted octanol–water partition coefficient (Wildman–Crippen LogP) is 3.92. The summed E-state index contributed by atoms with van der Waals surface area (Å²) in [5.74, 6) is -0.285. The number of rotatable bonds is 2. The fraction of sp³-hybridized carbons (Fsp3) is 0.357. The molecule has 94 valence electrons. The van der Waals surface area contributed by atoms with Crippen LogP contribution in [0.2, 0.25) is 0 Å². The molecule has 0 aliphatic heterocycles. The molecule has 1 fully saturated rings. The molecule has 1 aliphatic carbocycles. The molecule has 1 aliphatic rings. The summed E-state index contributed by atoms with van der Waals surface area (Å²) in [6, 6.07) is 6.48. The zero-order chi connectivity index (χ0) is 12.7. The third-order valence-corrected chi connectivity index (χ3v) is 4.13. The quantitative estimate of drug-likeness (QED) is 0.788. The minimum Gasteiger partial charge on any atom is -0.465 e. The molecule has 0 amide bonds. The van der Waals surface area contributed by atoms with Gasteiger partial charge in [0.25, 0.3) is 0 Å². The van der Waals surface area contributed by atoms with E-state index in [0.717, 1.165) is 15.4 Å². The number of hydrogen-bond acceptors (Lipinski definition) is 2. The Balaban J connectivity index is 2.19. The average Bonchev–Trinajstić information content (AvgIpc) is 2.69. The third-order valence-electron chi connectivity index (χ3n) is 3.68. The molecule has 1 aromatic heterocycles. The Labute approximate surface area is 114 Å². The zero-order valence-electron chi connectivity index (χ0n) is 10.1. The molecular formula is C14H14BrNO2. The van der Waals surface area contributed by atoms with Crippen LogP contribution in [0.5, 0.6) is 0 Å². The van der Waals surface area contributed by atoms with Crippen LogP contribution in [0.25, 0.3) is 10.9 Å². The first-order valence-electron chi connectivity index (χ1n) is 6.09. The van der Waals surface area contributed by atoms with Gasteiger partial charge in [0, 0.05) is 22.1 Å². The average molecular weight is 308 g/mol. The Morgan fingerprint density at radius 1 is 1.44 bits per heavy atom. The Kier molecular flexibility index (Phi) is 2.90. The number of carbonyl (C=O) groups is 1. The van der Waals surface area contributed by atoms with Gasteiger partial charge >= 0.3 is 5.97 Å². The van der Waals surface area contributed by atoms with Crippen LogP contribution < -0.4 is 0 Å². The molecular weight excluding hydrogens is 294 g/mol. The summed E-state index contributed by atoms with van der Waals surface area (Å²) in [7, 11) is 1.41. The molecule has 0 unspecified atom stereocenters. The van der Waals surface area contributed by atoms with Crippen molar-refractivity contribution in [3.63, 3.8) is 0 Å². The minimum atomic E-state index is -0.285. The fourth-order valence-corrected chi connectivity index (χ4v) is 2.94. The van der Waals surface area contributed by atoms with E-state index in [4.69, 9.17) is 4.74 Å². The summed E-state index contributed by atoms with van der Waals surface area (Å²) >= 11 is 3.47. The van der Waals surface area contributed by atoms with Gasteiger partial charge in [-0.15, -0.1) is 0 Å². The van der Waals surface area contributed by atoms with Crippen LogP contribution in [-0.2, 0) is 4.74 Å². The Bertz CT molecular complexity index is 614. The zero-order valence-corrected chi connectivity index (χ0v) is 11.7. The largest absolute Gasteiger partial charge is 0.465 e. The second-order valence-electron chi connectivity index (χ2n) is 4.69. The molecule has 0 bridgehead atoms. The highest BCUT2D eigenvalue weighted by molar-refractivity contribution is 9.10. The maximum atomic E-state index is 11.8. The highest BCUT2D eigenvalue weighted by Gasteiger charge is 2.22. The molecule has 0 spiro atoms. The summed E-state index contributed by atoms with van der Waals surface area (Å²) in [5, 5.41) is 0.969. The van der Waals surface area contributed by atoms with E-state index in [9.17, 15) is 4.79 Å². The maximum Gasteiger partial charge on any atom is 0.338 e. The van der Waals surface area contributed by atoms with Crippen LogP contribution in [0.3, 0.4) is 0 Å². The molecule has 3 rings (SSSR count). The highest BCUT2D eigenvalue weighted by atomic mass is 79.9. The van der Waals surface area contributed by atoms with Crippen molar-refractivity contribution in [2.24, 2.45) is 0 Å². The van der Waals surface area contributed by atoms with Crippen LogP contribution in [0.4, 0.5) is 0 Å². The van der Waals surface area contributed by atoms with Crippen LogP contribution in [-0.4, -0.2) is 17.6 Å². The topological polar surface area (TPSA) is 31.2 Å². The first-order chi connectivity index (χ1) is 8.70. The highest BCUT2D eigenvalue weighted by Crippen LogP contribution is 2.36. The van der Waals surface area contributed by atoms with Crippen molar-refractivity contribution in [2.45, 2.75) is 25.3 Å². The Morgan fingerprint density at radius 3 is 2.83 bits per heavy atom. The van der Waals surface area contributed by atoms with Crippen LogP contribution in [0, 0.1) is 0 Å². The smallest absolute Gasteiger partial charge is 0.338 e. The minimum absolute atomic E-state index is 0.285. The molecule has 2 aromatic rings. The fourth-order valence-electron chi connectivity index (χ4n) is 2.49. The number of aromatic nitrogens is 1. The van der Waals surface area contributed by atoms with E-state index >= 15 is 0 Å². The molecule has 0 saturated heterocycles. The van der Waals surface area contributed by atoms with Crippen molar-refractivity contribution < 1.29 is 9.53 Å². The van der Waals surface area contributed by atoms with Gasteiger partial charge in [-0.25, -0.2) is 4.79 Å². The van der Waals surface area contributed by atoms with Gasteiger partial charge in [-0.2, -0.15) is 0 Å². The second-order valence-corrected chi connectivity index (χ2v) is 5.60. The standard InChI is InChI=1S/C14H14BrNO2/c1-18-14(17)12-7-9(15)8-13-11(12)5-6-16(13)10-3-2-4-10/h5-8,10H,2-4H2,1H3. The Morgan fingerprint density at radius 2 is 2.22 bits per heavy atom. The lowest BCUT2D eigenvalue weighted by molar-refractivity contribution is 0.0603. The van der Waals surface area contributed by atoms with E-state index in [2.05, 4.69) is 32.8 Å². The number of ether oxygens (including phenoxy) is 1. The molecule has 1 heterocycles. The van der Waals surface area contributed by atoms with Gasteiger partial charge in [0.2, 0.25) is 0 Å². The maximum absolute atomic E-state index is 11.8. The van der Waals surface area contributed by atoms with Gasteiger partial charge in [-0.05, 0) is 37.5 Å². The number of hydrogen-bond donors (Lipinski definition) is 0. The predicted molar refractivity (Wildman–Crippen MR) is 73.9 cm³/mol. The van der Waals surface area contributed by atoms with Crippen molar-refractivity contribution in [2.75, 3.05) is 7.11 Å². The third kappa shape index (κ3) is 1.75. The Hall–Kier alpha value is -1.29. The normalized spacial score (nSPS) is 15.7. The number of esters is 1. The summed E-state index contributed by atoms with van der Waals surface area (Å²) in [6.07, 6.45) is 5.82. The molecule has 4 heteroatoms. The second kappa shape index (κ2) is 4.43. The first kappa shape index (κ1) is 11.8. The summed E-state index contributed by atoms with van der Waals surface area (Å²) in [6.45, 7) is 0. The van der Waals surface area contributed by atoms with E-state index in [1.54, 1.807) is 0 Å². The van der Waals surface area contributed by atoms with Crippen LogP contribution in [0.1, 0.15) is 35.7 Å². The number of fused-ring (bicyclic) bond motifs is 1. The van der Waals surface area contributed by atoms with E-state index in [1.807, 2.05) is 12.1 Å². The van der Waals surface area contributed by atoms with E-state index in [0.29, 0.717) is 11.6 Å². The van der Waals surface area contributed by atoms with Crippen molar-refractivity contribution in [3.8, 4) is 0 Å². The van der Waals surface area contributed by atoms with Gasteiger partial charge in [-0.3, -0.25) is 0 Å². The molecule has 1 saturated carbocycles. The van der Waals surface area contributed by atoms with Gasteiger partial charge in [0.1, 0.15) is 0 Å². The first-order valence-corrected chi connectivity index (χ1v) is 6.88. The van der Waals surface area contributed by atoms with E-state index < -0.39 is 0 Å². The molecule has 1 aromatic carbocycles. The van der Waals surface area contributed by atoms with Crippen molar-refractivity contribution in [1.29, 1.82) is 0 Å². The SMILES string of the molecule is COC(=O)c1cc(Br)cc2c1ccn2C1CCC1. The molecule has 0 N–H and O–H groups in total. The van der Waals surface area contributed by atoms with Crippen molar-refractivity contribution >= 4 is 32.8 Å². The number of halogens is 1. The van der Waals surface area contributed by atoms with E-state index in [-0.39, 0.29) is 5.97 Å². The van der Waals surface area contributed by atoms with Crippen molar-refractivity contribution in [3.05, 3.63) is 34.4 Å². The molecule has 0 radical (unpaired) electrons. The summed E-state index contributed by atoms with van der Waals surface area (Å²) in [4.78, 5) is 11.8.